The minimum atomic E-state index is -0.597. The summed E-state index contributed by atoms with van der Waals surface area (Å²) in [6, 6.07) is 3.85. The molecule has 3 aromatic heterocycles. The first kappa shape index (κ1) is 24.7. The van der Waals surface area contributed by atoms with Gasteiger partial charge < -0.3 is 15.3 Å². The molecule has 0 radical (unpaired) electrons. The summed E-state index contributed by atoms with van der Waals surface area (Å²) in [5.74, 6) is -1.15. The highest BCUT2D eigenvalue weighted by Gasteiger charge is 2.31. The predicted octanol–water partition coefficient (Wildman–Crippen LogP) is 2.83. The molecular weight excluding hydrogens is 472 g/mol. The van der Waals surface area contributed by atoms with Crippen LogP contribution in [0.3, 0.4) is 0 Å². The lowest BCUT2D eigenvalue weighted by molar-refractivity contribution is -0.126. The molecule has 0 aromatic carbocycles. The number of aromatic hydroxyl groups is 1. The average Bonchev–Trinajstić information content (AvgIpc) is 3.42. The Balaban J connectivity index is 1.54. The van der Waals surface area contributed by atoms with Gasteiger partial charge in [-0.3, -0.25) is 23.9 Å². The van der Waals surface area contributed by atoms with Crippen LogP contribution in [0.2, 0.25) is 0 Å². The highest BCUT2D eigenvalue weighted by atomic mass is 16.3. The summed E-state index contributed by atoms with van der Waals surface area (Å²) in [6.07, 6.45) is 10.1. The van der Waals surface area contributed by atoms with Crippen LogP contribution in [-0.2, 0) is 11.3 Å². The third-order valence-electron chi connectivity index (χ3n) is 6.91. The molecule has 2 aliphatic rings. The zero-order valence-electron chi connectivity index (χ0n) is 21.3. The van der Waals surface area contributed by atoms with Gasteiger partial charge in [-0.25, -0.2) is 0 Å². The van der Waals surface area contributed by atoms with E-state index in [4.69, 9.17) is 0 Å². The van der Waals surface area contributed by atoms with Gasteiger partial charge in [0.15, 0.2) is 5.56 Å². The first-order chi connectivity index (χ1) is 17.8. The third-order valence-corrected chi connectivity index (χ3v) is 6.91. The minimum Gasteiger partial charge on any atom is -0.492 e. The molecular formula is C27H32N6O4. The molecule has 10 heteroatoms. The van der Waals surface area contributed by atoms with E-state index in [9.17, 15) is 19.5 Å². The Labute approximate surface area is 214 Å². The fourth-order valence-electron chi connectivity index (χ4n) is 4.98. The van der Waals surface area contributed by atoms with Gasteiger partial charge in [0, 0.05) is 43.2 Å². The van der Waals surface area contributed by atoms with Crippen molar-refractivity contribution < 1.29 is 14.7 Å². The van der Waals surface area contributed by atoms with Gasteiger partial charge in [-0.15, -0.1) is 0 Å². The van der Waals surface area contributed by atoms with Gasteiger partial charge >= 0.3 is 0 Å². The van der Waals surface area contributed by atoms with Crippen LogP contribution in [0.4, 0.5) is 0 Å². The zero-order chi connectivity index (χ0) is 26.3. The number of pyridine rings is 1. The molecule has 3 aromatic rings. The standard InChI is InChI=1S/C27H32N6O4/c1-16(2)15-32-25-20(10-11-22(34)31-13-5-7-21(31)18-6-4-12-28-14-18)17(3)30-33(25)27(37)23(26(32)36)24(35)29-19-8-9-19/h4,6,10-12,14,16,19,21,37H,5,7-9,13,15H2,1-3H3,(H,29,35)/b11-10+/t21-/m0/s1. The second kappa shape index (κ2) is 9.84. The summed E-state index contributed by atoms with van der Waals surface area (Å²) in [4.78, 5) is 45.6. The highest BCUT2D eigenvalue weighted by Crippen LogP contribution is 2.32. The topological polar surface area (TPSA) is 122 Å². The quantitative estimate of drug-likeness (QED) is 0.477. The zero-order valence-corrected chi connectivity index (χ0v) is 21.3. The van der Waals surface area contributed by atoms with E-state index in [0.717, 1.165) is 31.2 Å². The van der Waals surface area contributed by atoms with E-state index in [1.807, 2.05) is 30.9 Å². The number of amides is 2. The molecule has 2 amide bonds. The van der Waals surface area contributed by atoms with Crippen LogP contribution in [0.25, 0.3) is 11.7 Å². The molecule has 1 saturated carbocycles. The smallest absolute Gasteiger partial charge is 0.270 e. The van der Waals surface area contributed by atoms with Crippen molar-refractivity contribution in [3.63, 3.8) is 0 Å². The van der Waals surface area contributed by atoms with Gasteiger partial charge in [-0.1, -0.05) is 19.9 Å². The lowest BCUT2D eigenvalue weighted by atomic mass is 10.1. The van der Waals surface area contributed by atoms with E-state index in [2.05, 4.69) is 15.4 Å². The van der Waals surface area contributed by atoms with Crippen molar-refractivity contribution in [2.24, 2.45) is 5.92 Å². The maximum Gasteiger partial charge on any atom is 0.270 e. The van der Waals surface area contributed by atoms with Gasteiger partial charge in [0.25, 0.3) is 11.5 Å². The van der Waals surface area contributed by atoms with E-state index >= 15 is 0 Å². The van der Waals surface area contributed by atoms with Gasteiger partial charge in [0.05, 0.1) is 11.7 Å². The Morgan fingerprint density at radius 1 is 1.27 bits per heavy atom. The van der Waals surface area contributed by atoms with Crippen molar-refractivity contribution in [3.05, 3.63) is 63.3 Å². The Morgan fingerprint density at radius 2 is 2.05 bits per heavy atom. The number of hydrogen-bond acceptors (Lipinski definition) is 6. The first-order valence-corrected chi connectivity index (χ1v) is 12.8. The molecule has 2 fully saturated rings. The van der Waals surface area contributed by atoms with Crippen LogP contribution < -0.4 is 10.9 Å². The summed E-state index contributed by atoms with van der Waals surface area (Å²) in [6.45, 7) is 6.65. The molecule has 10 nitrogen and oxygen atoms in total. The largest absolute Gasteiger partial charge is 0.492 e. The Morgan fingerprint density at radius 3 is 2.73 bits per heavy atom. The summed E-state index contributed by atoms with van der Waals surface area (Å²) < 4.78 is 2.71. The summed E-state index contributed by atoms with van der Waals surface area (Å²) in [7, 11) is 0. The van der Waals surface area contributed by atoms with Gasteiger partial charge in [0.1, 0.15) is 5.65 Å². The number of nitrogens with zero attached hydrogens (tertiary/aromatic N) is 5. The molecule has 4 heterocycles. The van der Waals surface area contributed by atoms with Crippen LogP contribution in [0.1, 0.15) is 72.8 Å². The van der Waals surface area contributed by atoms with E-state index < -0.39 is 17.3 Å². The molecule has 37 heavy (non-hydrogen) atoms. The summed E-state index contributed by atoms with van der Waals surface area (Å²) in [5, 5.41) is 18.2. The first-order valence-electron chi connectivity index (χ1n) is 12.8. The Kier molecular flexibility index (Phi) is 6.57. The lowest BCUT2D eigenvalue weighted by Gasteiger charge is -2.23. The number of aromatic nitrogens is 4. The molecule has 0 bridgehead atoms. The molecule has 194 valence electrons. The maximum atomic E-state index is 13.5. The van der Waals surface area contributed by atoms with Crippen LogP contribution in [0, 0.1) is 12.8 Å². The molecule has 5 rings (SSSR count). The van der Waals surface area contributed by atoms with Crippen molar-refractivity contribution >= 4 is 23.5 Å². The highest BCUT2D eigenvalue weighted by molar-refractivity contribution is 5.97. The number of rotatable bonds is 7. The van der Waals surface area contributed by atoms with Crippen molar-refractivity contribution in [2.45, 2.75) is 65.1 Å². The SMILES string of the molecule is Cc1nn2c(O)c(C(=O)NC3CC3)c(=O)n(CC(C)C)c2c1/C=C/C(=O)N1CCC[C@H]1c1cccnc1. The molecule has 1 aliphatic heterocycles. The van der Waals surface area contributed by atoms with E-state index in [1.165, 1.54) is 15.2 Å². The van der Waals surface area contributed by atoms with Gasteiger partial charge in [-0.2, -0.15) is 9.61 Å². The van der Waals surface area contributed by atoms with E-state index in [1.54, 1.807) is 25.4 Å². The minimum absolute atomic E-state index is 0.0329. The van der Waals surface area contributed by atoms with Crippen molar-refractivity contribution in [2.75, 3.05) is 6.54 Å². The van der Waals surface area contributed by atoms with Crippen LogP contribution in [0.5, 0.6) is 5.88 Å². The van der Waals surface area contributed by atoms with E-state index in [-0.39, 0.29) is 29.5 Å². The second-order valence-corrected chi connectivity index (χ2v) is 10.3. The number of aryl methyl sites for hydroxylation is 1. The number of fused-ring (bicyclic) bond motifs is 1. The summed E-state index contributed by atoms with van der Waals surface area (Å²) >= 11 is 0. The van der Waals surface area contributed by atoms with Crippen LogP contribution >= 0.6 is 0 Å². The number of likely N-dealkylation sites (tertiary alicyclic amines) is 1. The van der Waals surface area contributed by atoms with Crippen LogP contribution in [0.15, 0.2) is 35.4 Å². The fraction of sp³-hybridized carbons (Fsp3) is 0.444. The Hall–Kier alpha value is -3.95. The molecule has 0 spiro atoms. The Bertz CT molecular complexity index is 1430. The molecule has 1 aliphatic carbocycles. The van der Waals surface area contributed by atoms with Gasteiger partial charge in [0.2, 0.25) is 11.8 Å². The van der Waals surface area contributed by atoms with Gasteiger partial charge in [-0.05, 0) is 56.2 Å². The van der Waals surface area contributed by atoms with Crippen molar-refractivity contribution in [1.82, 2.24) is 29.4 Å². The third kappa shape index (κ3) is 4.75. The maximum absolute atomic E-state index is 13.5. The second-order valence-electron chi connectivity index (χ2n) is 10.3. The average molecular weight is 505 g/mol. The lowest BCUT2D eigenvalue weighted by Crippen LogP contribution is -2.36. The van der Waals surface area contributed by atoms with Crippen molar-refractivity contribution in [3.8, 4) is 5.88 Å². The number of carbonyl (C=O) groups is 2. The molecule has 2 N–H and O–H groups in total. The fourth-order valence-corrected chi connectivity index (χ4v) is 4.98. The number of nitrogens with one attached hydrogen (secondary N) is 1. The molecule has 1 saturated heterocycles. The normalized spacial score (nSPS) is 17.8. The number of hydrogen-bond donors (Lipinski definition) is 2. The van der Waals surface area contributed by atoms with E-state index in [0.29, 0.717) is 30.0 Å². The van der Waals surface area contributed by atoms with Crippen LogP contribution in [-0.4, -0.2) is 53.6 Å². The number of carbonyl (C=O) groups excluding carboxylic acids is 2. The predicted molar refractivity (Wildman–Crippen MR) is 138 cm³/mol. The molecule has 1 atom stereocenters. The monoisotopic (exact) mass is 504 g/mol. The van der Waals surface area contributed by atoms with Crippen molar-refractivity contribution in [1.29, 1.82) is 0 Å². The summed E-state index contributed by atoms with van der Waals surface area (Å²) in [5.41, 5.74) is 1.54. The molecule has 0 unspecified atom stereocenters.